The van der Waals surface area contributed by atoms with E-state index >= 15 is 0 Å². The number of benzene rings is 1. The second-order valence-electron chi connectivity index (χ2n) is 6.59. The Hall–Kier alpha value is -3.33. The third kappa shape index (κ3) is 4.75. The van der Waals surface area contributed by atoms with E-state index in [1.165, 1.54) is 4.68 Å². The first kappa shape index (κ1) is 20.4. The van der Waals surface area contributed by atoms with Gasteiger partial charge in [-0.15, -0.1) is 5.92 Å². The number of aromatic nitrogens is 2. The lowest BCUT2D eigenvalue weighted by atomic mass is 10.1. The lowest BCUT2D eigenvalue weighted by Crippen LogP contribution is -2.50. The number of rotatable bonds is 8. The van der Waals surface area contributed by atoms with Gasteiger partial charge in [0.1, 0.15) is 5.69 Å². The first-order chi connectivity index (χ1) is 14.2. The molecule has 3 N–H and O–H groups in total. The van der Waals surface area contributed by atoms with Gasteiger partial charge in [-0.1, -0.05) is 25.0 Å². The summed E-state index contributed by atoms with van der Waals surface area (Å²) >= 11 is 0. The van der Waals surface area contributed by atoms with Gasteiger partial charge in [-0.2, -0.15) is 10.4 Å². The number of hydrogen-bond acceptors (Lipinski definition) is 7. The molecule has 29 heavy (non-hydrogen) atoms. The fraction of sp³-hybridized carbons (Fsp3) is 0.381. The van der Waals surface area contributed by atoms with Gasteiger partial charge in [0.2, 0.25) is 0 Å². The number of nitrogens with zero attached hydrogens (tertiary/aromatic N) is 4. The van der Waals surface area contributed by atoms with Gasteiger partial charge < -0.3 is 15.5 Å². The van der Waals surface area contributed by atoms with Crippen LogP contribution in [0.15, 0.2) is 35.3 Å². The summed E-state index contributed by atoms with van der Waals surface area (Å²) in [6.45, 7) is 7.06. The Labute approximate surface area is 170 Å². The lowest BCUT2D eigenvalue weighted by molar-refractivity contribution is 0.538. The molecule has 0 fully saturated rings. The topological polar surface area (TPSA) is 98.0 Å². The minimum Gasteiger partial charge on any atom is -0.350 e. The predicted octanol–water partition coefficient (Wildman–Crippen LogP) is 0.901. The molecule has 0 saturated heterocycles. The Bertz CT molecular complexity index is 1010. The third-order valence-electron chi connectivity index (χ3n) is 4.61. The van der Waals surface area contributed by atoms with Crippen LogP contribution in [-0.4, -0.2) is 42.2 Å². The average Bonchev–Trinajstić information content (AvgIpc) is 3.10. The molecular formula is C21H25N7O. The standard InChI is InChI=1S/C21H25N7O/c1-3-5-11-27-19-18(26-21(27)24-10-9-23-4-2)14-25-28(20(19)29)15-17-8-6-7-16(12-17)13-22/h6-8,12,14,21,23-24,26H,4,9-11,15H2,1-2H3. The van der Waals surface area contributed by atoms with Gasteiger partial charge in [0.25, 0.3) is 5.56 Å². The Balaban J connectivity index is 1.86. The Morgan fingerprint density at radius 2 is 2.21 bits per heavy atom. The first-order valence-electron chi connectivity index (χ1n) is 9.64. The summed E-state index contributed by atoms with van der Waals surface area (Å²) in [6.07, 6.45) is 1.44. The zero-order chi connectivity index (χ0) is 20.6. The van der Waals surface area contributed by atoms with Crippen molar-refractivity contribution in [1.82, 2.24) is 20.4 Å². The van der Waals surface area contributed by atoms with Gasteiger partial charge in [0, 0.05) is 13.1 Å². The summed E-state index contributed by atoms with van der Waals surface area (Å²) < 4.78 is 1.42. The number of nitriles is 1. The van der Waals surface area contributed by atoms with Crippen LogP contribution in [0.2, 0.25) is 0 Å². The molecule has 1 atom stereocenters. The van der Waals surface area contributed by atoms with Crippen molar-refractivity contribution in [3.05, 3.63) is 51.9 Å². The summed E-state index contributed by atoms with van der Waals surface area (Å²) in [6, 6.07) is 9.31. The van der Waals surface area contributed by atoms with Gasteiger partial charge in [-0.3, -0.25) is 10.1 Å². The van der Waals surface area contributed by atoms with Crippen molar-refractivity contribution in [2.24, 2.45) is 0 Å². The molecule has 1 aliphatic heterocycles. The molecule has 0 aliphatic carbocycles. The first-order valence-corrected chi connectivity index (χ1v) is 9.64. The molecule has 2 aromatic rings. The second kappa shape index (κ2) is 9.74. The zero-order valence-corrected chi connectivity index (χ0v) is 16.7. The number of likely N-dealkylation sites (N-methyl/N-ethyl adjacent to an activating group) is 1. The van der Waals surface area contributed by atoms with Crippen molar-refractivity contribution >= 4 is 11.4 Å². The minimum atomic E-state index is -0.225. The molecule has 8 heteroatoms. The van der Waals surface area contributed by atoms with Gasteiger partial charge in [-0.25, -0.2) is 4.68 Å². The molecule has 1 unspecified atom stereocenters. The fourth-order valence-electron chi connectivity index (χ4n) is 3.21. The van der Waals surface area contributed by atoms with Crippen LogP contribution in [0.4, 0.5) is 11.4 Å². The Morgan fingerprint density at radius 1 is 1.34 bits per heavy atom. The number of hydrogen-bond donors (Lipinski definition) is 3. The van der Waals surface area contributed by atoms with E-state index in [2.05, 4.69) is 45.9 Å². The largest absolute Gasteiger partial charge is 0.350 e. The van der Waals surface area contributed by atoms with Crippen molar-refractivity contribution in [3.63, 3.8) is 0 Å². The van der Waals surface area contributed by atoms with E-state index in [0.29, 0.717) is 30.0 Å². The predicted molar refractivity (Wildman–Crippen MR) is 114 cm³/mol. The highest BCUT2D eigenvalue weighted by Crippen LogP contribution is 2.29. The molecule has 8 nitrogen and oxygen atoms in total. The Kier molecular flexibility index (Phi) is 6.85. The molecule has 3 rings (SSSR count). The Morgan fingerprint density at radius 3 is 2.97 bits per heavy atom. The highest BCUT2D eigenvalue weighted by molar-refractivity contribution is 5.74. The molecule has 0 spiro atoms. The second-order valence-corrected chi connectivity index (χ2v) is 6.59. The summed E-state index contributed by atoms with van der Waals surface area (Å²) in [4.78, 5) is 15.1. The maximum atomic E-state index is 13.2. The summed E-state index contributed by atoms with van der Waals surface area (Å²) in [5.41, 5.74) is 2.47. The van der Waals surface area contributed by atoms with Gasteiger partial charge in [-0.05, 0) is 31.2 Å². The van der Waals surface area contributed by atoms with Crippen LogP contribution in [-0.2, 0) is 6.54 Å². The quantitative estimate of drug-likeness (QED) is 0.454. The summed E-state index contributed by atoms with van der Waals surface area (Å²) in [7, 11) is 0. The number of nitrogens with one attached hydrogen (secondary N) is 3. The van der Waals surface area contributed by atoms with E-state index in [0.717, 1.165) is 25.2 Å². The smallest absolute Gasteiger partial charge is 0.292 e. The van der Waals surface area contributed by atoms with Crippen molar-refractivity contribution in [3.8, 4) is 17.9 Å². The maximum Gasteiger partial charge on any atom is 0.292 e. The van der Waals surface area contributed by atoms with E-state index in [4.69, 9.17) is 5.26 Å². The highest BCUT2D eigenvalue weighted by atomic mass is 16.1. The van der Waals surface area contributed by atoms with E-state index in [-0.39, 0.29) is 11.8 Å². The van der Waals surface area contributed by atoms with E-state index in [1.54, 1.807) is 31.3 Å². The van der Waals surface area contributed by atoms with Crippen LogP contribution < -0.4 is 26.4 Å². The molecule has 0 saturated carbocycles. The van der Waals surface area contributed by atoms with Crippen LogP contribution in [0.5, 0.6) is 0 Å². The zero-order valence-electron chi connectivity index (χ0n) is 16.7. The SMILES string of the molecule is CC#CCN1c2c(cnn(Cc3cccc(C#N)c3)c2=O)NC1NCCNCC. The van der Waals surface area contributed by atoms with E-state index in [9.17, 15) is 4.79 Å². The van der Waals surface area contributed by atoms with Gasteiger partial charge >= 0.3 is 0 Å². The molecule has 0 radical (unpaired) electrons. The molecular weight excluding hydrogens is 366 g/mol. The van der Waals surface area contributed by atoms with Crippen LogP contribution in [0, 0.1) is 23.2 Å². The molecule has 150 valence electrons. The highest BCUT2D eigenvalue weighted by Gasteiger charge is 2.31. The van der Waals surface area contributed by atoms with Crippen molar-refractivity contribution < 1.29 is 0 Å². The van der Waals surface area contributed by atoms with Crippen LogP contribution in [0.3, 0.4) is 0 Å². The molecule has 0 amide bonds. The van der Waals surface area contributed by atoms with Gasteiger partial charge in [0.15, 0.2) is 6.29 Å². The lowest BCUT2D eigenvalue weighted by Gasteiger charge is -2.25. The summed E-state index contributed by atoms with van der Waals surface area (Å²) in [5, 5.41) is 23.4. The van der Waals surface area contributed by atoms with E-state index < -0.39 is 0 Å². The van der Waals surface area contributed by atoms with Crippen LogP contribution in [0.25, 0.3) is 0 Å². The third-order valence-corrected chi connectivity index (χ3v) is 4.61. The van der Waals surface area contributed by atoms with Crippen molar-refractivity contribution in [2.45, 2.75) is 26.7 Å². The molecule has 0 bridgehead atoms. The fourth-order valence-corrected chi connectivity index (χ4v) is 3.21. The molecule has 1 aromatic heterocycles. The minimum absolute atomic E-state index is 0.189. The number of fused-ring (bicyclic) bond motifs is 1. The van der Waals surface area contributed by atoms with E-state index in [1.807, 2.05) is 11.0 Å². The molecule has 1 aromatic carbocycles. The normalized spacial score (nSPS) is 14.5. The van der Waals surface area contributed by atoms with Gasteiger partial charge in [0.05, 0.1) is 36.6 Å². The monoisotopic (exact) mass is 391 g/mol. The number of anilines is 2. The maximum absolute atomic E-state index is 13.2. The van der Waals surface area contributed by atoms with Crippen LogP contribution in [0.1, 0.15) is 25.0 Å². The average molecular weight is 391 g/mol. The summed E-state index contributed by atoms with van der Waals surface area (Å²) in [5.74, 6) is 5.94. The molecule has 1 aliphatic rings. The van der Waals surface area contributed by atoms with Crippen LogP contribution >= 0.6 is 0 Å². The molecule has 2 heterocycles. The van der Waals surface area contributed by atoms with Crippen molar-refractivity contribution in [2.75, 3.05) is 36.4 Å². The van der Waals surface area contributed by atoms with Crippen molar-refractivity contribution in [1.29, 1.82) is 5.26 Å².